The Labute approximate surface area is 80.9 Å². The largest absolute Gasteiger partial charge is 0.330 e. The van der Waals surface area contributed by atoms with Gasteiger partial charge in [-0.05, 0) is 53.0 Å². The molecule has 13 heavy (non-hydrogen) atoms. The van der Waals surface area contributed by atoms with E-state index >= 15 is 0 Å². The van der Waals surface area contributed by atoms with Gasteiger partial charge in [-0.15, -0.1) is 0 Å². The number of hydrogen-bond donors (Lipinski definition) is 2. The van der Waals surface area contributed by atoms with Gasteiger partial charge in [0, 0.05) is 11.1 Å². The average Bonchev–Trinajstić information content (AvgIpc) is 2.14. The van der Waals surface area contributed by atoms with Gasteiger partial charge in [-0.2, -0.15) is 5.06 Å². The van der Waals surface area contributed by atoms with Crippen LogP contribution in [-0.2, 0) is 0 Å². The molecule has 1 heterocycles. The van der Waals surface area contributed by atoms with Gasteiger partial charge in [-0.3, -0.25) is 0 Å². The molecule has 3 nitrogen and oxygen atoms in total. The lowest BCUT2D eigenvalue weighted by Gasteiger charge is -2.36. The topological polar surface area (TPSA) is 49.5 Å². The minimum absolute atomic E-state index is 0.108. The Balaban J connectivity index is 2.80. The fourth-order valence-corrected chi connectivity index (χ4v) is 2.55. The zero-order valence-electron chi connectivity index (χ0n) is 9.17. The number of nitrogens with two attached hydrogens (primary N) is 1. The second-order valence-electron chi connectivity index (χ2n) is 5.26. The molecule has 0 bridgehead atoms. The van der Waals surface area contributed by atoms with E-state index in [9.17, 15) is 5.21 Å². The van der Waals surface area contributed by atoms with Crippen molar-refractivity contribution in [3.8, 4) is 0 Å². The van der Waals surface area contributed by atoms with Crippen LogP contribution in [0.4, 0.5) is 0 Å². The Kier molecular flexibility index (Phi) is 2.72. The number of hydroxylamine groups is 2. The summed E-state index contributed by atoms with van der Waals surface area (Å²) in [6.07, 6.45) is 2.02. The summed E-state index contributed by atoms with van der Waals surface area (Å²) in [5, 5.41) is 11.5. The lowest BCUT2D eigenvalue weighted by Crippen LogP contribution is -2.47. The van der Waals surface area contributed by atoms with Crippen LogP contribution in [0, 0.1) is 5.92 Å². The van der Waals surface area contributed by atoms with Gasteiger partial charge in [-0.1, -0.05) is 0 Å². The summed E-state index contributed by atoms with van der Waals surface area (Å²) in [5.41, 5.74) is 5.32. The van der Waals surface area contributed by atoms with Gasteiger partial charge in [0.05, 0.1) is 0 Å². The van der Waals surface area contributed by atoms with Crippen LogP contribution in [0.1, 0.15) is 40.5 Å². The molecule has 1 rings (SSSR count). The first kappa shape index (κ1) is 11.0. The summed E-state index contributed by atoms with van der Waals surface area (Å²) in [4.78, 5) is 0. The molecule has 1 aliphatic rings. The lowest BCUT2D eigenvalue weighted by atomic mass is 9.84. The molecule has 0 saturated carbocycles. The highest BCUT2D eigenvalue weighted by Crippen LogP contribution is 2.44. The fourth-order valence-electron chi connectivity index (χ4n) is 2.55. The van der Waals surface area contributed by atoms with Gasteiger partial charge in [0.1, 0.15) is 0 Å². The van der Waals surface area contributed by atoms with E-state index in [4.69, 9.17) is 5.73 Å². The van der Waals surface area contributed by atoms with Crippen molar-refractivity contribution >= 4 is 0 Å². The summed E-state index contributed by atoms with van der Waals surface area (Å²) in [6, 6.07) is 0. The van der Waals surface area contributed by atoms with Crippen molar-refractivity contribution in [2.45, 2.75) is 51.6 Å². The van der Waals surface area contributed by atoms with E-state index in [0.717, 1.165) is 12.8 Å². The molecule has 1 aliphatic heterocycles. The van der Waals surface area contributed by atoms with Crippen molar-refractivity contribution in [3.63, 3.8) is 0 Å². The molecule has 3 N–H and O–H groups in total. The monoisotopic (exact) mass is 186 g/mol. The second kappa shape index (κ2) is 3.23. The Morgan fingerprint density at radius 3 is 2.23 bits per heavy atom. The predicted octanol–water partition coefficient (Wildman–Crippen LogP) is 1.60. The van der Waals surface area contributed by atoms with Gasteiger partial charge in [0.25, 0.3) is 0 Å². The normalized spacial score (nSPS) is 32.3. The molecular formula is C10H22N2O. The Morgan fingerprint density at radius 1 is 1.38 bits per heavy atom. The van der Waals surface area contributed by atoms with Crippen molar-refractivity contribution in [2.24, 2.45) is 11.7 Å². The van der Waals surface area contributed by atoms with E-state index in [2.05, 4.69) is 27.7 Å². The number of hydrogen-bond acceptors (Lipinski definition) is 3. The summed E-state index contributed by atoms with van der Waals surface area (Å²) in [7, 11) is 0. The number of rotatable bonds is 2. The van der Waals surface area contributed by atoms with E-state index in [0.29, 0.717) is 12.5 Å². The van der Waals surface area contributed by atoms with Crippen LogP contribution in [0.15, 0.2) is 0 Å². The van der Waals surface area contributed by atoms with Gasteiger partial charge in [0.2, 0.25) is 0 Å². The van der Waals surface area contributed by atoms with Crippen molar-refractivity contribution in [2.75, 3.05) is 6.54 Å². The Morgan fingerprint density at radius 2 is 1.92 bits per heavy atom. The van der Waals surface area contributed by atoms with Crippen LogP contribution < -0.4 is 5.73 Å². The molecule has 1 atom stereocenters. The molecule has 1 fully saturated rings. The minimum Gasteiger partial charge on any atom is -0.330 e. The zero-order valence-corrected chi connectivity index (χ0v) is 9.17. The van der Waals surface area contributed by atoms with E-state index in [-0.39, 0.29) is 11.1 Å². The summed E-state index contributed by atoms with van der Waals surface area (Å²) in [5.74, 6) is 0.498. The molecule has 0 spiro atoms. The lowest BCUT2D eigenvalue weighted by molar-refractivity contribution is -0.196. The molecule has 78 valence electrons. The highest BCUT2D eigenvalue weighted by Gasteiger charge is 2.50. The predicted molar refractivity (Wildman–Crippen MR) is 53.6 cm³/mol. The molecule has 0 amide bonds. The molecule has 1 unspecified atom stereocenters. The third-order valence-electron chi connectivity index (χ3n) is 3.38. The standard InChI is InChI=1S/C10H22N2O/c1-9(2)7-8(5-6-11)10(3,4)12(9)13/h8,13H,5-7,11H2,1-4H3. The molecule has 0 aliphatic carbocycles. The highest BCUT2D eigenvalue weighted by atomic mass is 16.5. The van der Waals surface area contributed by atoms with Crippen molar-refractivity contribution in [1.29, 1.82) is 0 Å². The molecule has 0 aromatic carbocycles. The number of nitrogens with zero attached hydrogens (tertiary/aromatic N) is 1. The third-order valence-corrected chi connectivity index (χ3v) is 3.38. The van der Waals surface area contributed by atoms with Crippen molar-refractivity contribution in [3.05, 3.63) is 0 Å². The molecule has 0 aromatic heterocycles. The van der Waals surface area contributed by atoms with E-state index in [1.165, 1.54) is 5.06 Å². The Hall–Kier alpha value is -0.120. The molecule has 0 radical (unpaired) electrons. The quantitative estimate of drug-likeness (QED) is 0.688. The van der Waals surface area contributed by atoms with Crippen LogP contribution in [0.25, 0.3) is 0 Å². The van der Waals surface area contributed by atoms with E-state index in [1.807, 2.05) is 0 Å². The third kappa shape index (κ3) is 1.73. The van der Waals surface area contributed by atoms with E-state index in [1.54, 1.807) is 0 Å². The van der Waals surface area contributed by atoms with Crippen LogP contribution in [0.5, 0.6) is 0 Å². The zero-order chi connectivity index (χ0) is 10.3. The first-order chi connectivity index (χ1) is 5.82. The summed E-state index contributed by atoms with van der Waals surface area (Å²) in [6.45, 7) is 9.03. The van der Waals surface area contributed by atoms with Gasteiger partial charge in [0.15, 0.2) is 0 Å². The maximum absolute atomic E-state index is 9.97. The highest BCUT2D eigenvalue weighted by molar-refractivity contribution is 5.01. The first-order valence-electron chi connectivity index (χ1n) is 5.01. The summed E-state index contributed by atoms with van der Waals surface area (Å²) >= 11 is 0. The molecule has 0 aromatic rings. The van der Waals surface area contributed by atoms with Crippen LogP contribution in [0.2, 0.25) is 0 Å². The van der Waals surface area contributed by atoms with Gasteiger partial charge in [-0.25, -0.2) is 0 Å². The van der Waals surface area contributed by atoms with Gasteiger partial charge >= 0.3 is 0 Å². The average molecular weight is 186 g/mol. The van der Waals surface area contributed by atoms with Crippen molar-refractivity contribution < 1.29 is 5.21 Å². The van der Waals surface area contributed by atoms with Crippen LogP contribution in [-0.4, -0.2) is 27.9 Å². The van der Waals surface area contributed by atoms with Crippen LogP contribution in [0.3, 0.4) is 0 Å². The smallest absolute Gasteiger partial charge is 0.0439 e. The van der Waals surface area contributed by atoms with E-state index < -0.39 is 0 Å². The van der Waals surface area contributed by atoms with Gasteiger partial charge < -0.3 is 10.9 Å². The maximum Gasteiger partial charge on any atom is 0.0439 e. The minimum atomic E-state index is -0.136. The molecule has 3 heteroatoms. The SMILES string of the molecule is CC1(C)CC(CCN)C(C)(C)N1O. The Bertz CT molecular complexity index is 189. The summed E-state index contributed by atoms with van der Waals surface area (Å²) < 4.78 is 0. The van der Waals surface area contributed by atoms with Crippen LogP contribution >= 0.6 is 0 Å². The second-order valence-corrected chi connectivity index (χ2v) is 5.26. The maximum atomic E-state index is 9.97. The van der Waals surface area contributed by atoms with Crippen molar-refractivity contribution in [1.82, 2.24) is 5.06 Å². The fraction of sp³-hybridized carbons (Fsp3) is 1.00. The molecular weight excluding hydrogens is 164 g/mol. The first-order valence-corrected chi connectivity index (χ1v) is 5.01. The molecule has 1 saturated heterocycles.